The van der Waals surface area contributed by atoms with E-state index in [0.717, 1.165) is 0 Å². The quantitative estimate of drug-likeness (QED) is 0.315. The molecule has 4 rings (SSSR count). The molecule has 1 aliphatic carbocycles. The Morgan fingerprint density at radius 2 is 2.07 bits per heavy atom. The lowest BCUT2D eigenvalue weighted by molar-refractivity contribution is -0.150. The van der Waals surface area contributed by atoms with Gasteiger partial charge >= 0.3 is 17.9 Å². The number of allylic oxidation sites excluding steroid dienone is 1. The minimum absolute atomic E-state index is 0.137. The first-order valence-electron chi connectivity index (χ1n) is 9.06. The third kappa shape index (κ3) is 2.90. The molecule has 2 fully saturated rings. The van der Waals surface area contributed by atoms with Crippen LogP contribution in [0, 0.1) is 5.92 Å². The Balaban J connectivity index is 1.72. The molecule has 0 unspecified atom stereocenters. The van der Waals surface area contributed by atoms with Crippen molar-refractivity contribution < 1.29 is 33.3 Å². The van der Waals surface area contributed by atoms with Crippen LogP contribution in [0.4, 0.5) is 0 Å². The Morgan fingerprint density at radius 3 is 2.78 bits per heavy atom. The first-order valence-corrected chi connectivity index (χ1v) is 9.06. The summed E-state index contributed by atoms with van der Waals surface area (Å²) in [5.41, 5.74) is 0.533. The summed E-state index contributed by atoms with van der Waals surface area (Å²) in [4.78, 5) is 36.9. The first-order chi connectivity index (χ1) is 12.7. The van der Waals surface area contributed by atoms with Crippen LogP contribution in [0.2, 0.25) is 0 Å². The van der Waals surface area contributed by atoms with Crippen molar-refractivity contribution in [3.05, 3.63) is 35.5 Å². The van der Waals surface area contributed by atoms with Gasteiger partial charge in [0, 0.05) is 29.6 Å². The number of hydrogen-bond donors (Lipinski definition) is 0. The van der Waals surface area contributed by atoms with Crippen LogP contribution in [0.5, 0.6) is 0 Å². The summed E-state index contributed by atoms with van der Waals surface area (Å²) in [6.07, 6.45) is 1.90. The van der Waals surface area contributed by atoms with Crippen molar-refractivity contribution in [2.45, 2.75) is 63.6 Å². The number of carbonyl (C=O) groups is 3. The molecule has 0 aromatic carbocycles. The highest BCUT2D eigenvalue weighted by Gasteiger charge is 2.65. The molecule has 144 valence electrons. The number of fused-ring (bicyclic) bond motifs is 4. The summed E-state index contributed by atoms with van der Waals surface area (Å²) in [7, 11) is 0. The van der Waals surface area contributed by atoms with Gasteiger partial charge in [-0.05, 0) is 26.8 Å². The summed E-state index contributed by atoms with van der Waals surface area (Å²) in [5.74, 6) is -2.04. The lowest BCUT2D eigenvalue weighted by atomic mass is 9.82. The molecule has 0 aromatic rings. The van der Waals surface area contributed by atoms with E-state index in [1.165, 1.54) is 0 Å². The van der Waals surface area contributed by atoms with Crippen LogP contribution in [0.25, 0.3) is 0 Å². The molecule has 0 saturated carbocycles. The molecule has 27 heavy (non-hydrogen) atoms. The molecule has 0 N–H and O–H groups in total. The van der Waals surface area contributed by atoms with Crippen LogP contribution in [0.15, 0.2) is 35.5 Å². The first kappa shape index (κ1) is 18.0. The minimum atomic E-state index is -0.777. The topological polar surface area (TPSA) is 91.4 Å². The maximum absolute atomic E-state index is 12.4. The Hall–Kier alpha value is -2.41. The van der Waals surface area contributed by atoms with E-state index in [1.54, 1.807) is 26.0 Å². The minimum Gasteiger partial charge on any atom is -0.458 e. The average Bonchev–Trinajstić information content (AvgIpc) is 3.02. The molecule has 0 spiro atoms. The highest BCUT2D eigenvalue weighted by molar-refractivity contribution is 5.93. The van der Waals surface area contributed by atoms with Gasteiger partial charge in [-0.25, -0.2) is 14.4 Å². The molecule has 7 nitrogen and oxygen atoms in total. The fourth-order valence-electron chi connectivity index (χ4n) is 4.13. The summed E-state index contributed by atoms with van der Waals surface area (Å²) in [6, 6.07) is 0. The van der Waals surface area contributed by atoms with Crippen molar-refractivity contribution in [3.8, 4) is 0 Å². The van der Waals surface area contributed by atoms with Crippen LogP contribution >= 0.6 is 0 Å². The van der Waals surface area contributed by atoms with Gasteiger partial charge in [-0.15, -0.1) is 0 Å². The van der Waals surface area contributed by atoms with Gasteiger partial charge in [-0.2, -0.15) is 0 Å². The Kier molecular flexibility index (Phi) is 4.03. The highest BCUT2D eigenvalue weighted by Crippen LogP contribution is 2.51. The van der Waals surface area contributed by atoms with Crippen molar-refractivity contribution in [2.75, 3.05) is 0 Å². The third-order valence-corrected chi connectivity index (χ3v) is 5.85. The maximum Gasteiger partial charge on any atom is 0.334 e. The lowest BCUT2D eigenvalue weighted by Crippen LogP contribution is -2.39. The summed E-state index contributed by atoms with van der Waals surface area (Å²) in [6.45, 7) is 9.13. The van der Waals surface area contributed by atoms with E-state index in [9.17, 15) is 14.4 Å². The van der Waals surface area contributed by atoms with Crippen molar-refractivity contribution in [1.82, 2.24) is 0 Å². The molecule has 2 saturated heterocycles. The smallest absolute Gasteiger partial charge is 0.334 e. The van der Waals surface area contributed by atoms with Crippen LogP contribution in [-0.2, 0) is 33.3 Å². The summed E-state index contributed by atoms with van der Waals surface area (Å²) in [5, 5.41) is 0. The summed E-state index contributed by atoms with van der Waals surface area (Å²) < 4.78 is 22.5. The van der Waals surface area contributed by atoms with Gasteiger partial charge in [0.1, 0.15) is 24.4 Å². The van der Waals surface area contributed by atoms with E-state index in [1.807, 2.05) is 6.92 Å². The van der Waals surface area contributed by atoms with Gasteiger partial charge in [0.25, 0.3) is 0 Å². The molecule has 3 heterocycles. The second kappa shape index (κ2) is 6.05. The van der Waals surface area contributed by atoms with Crippen molar-refractivity contribution in [1.29, 1.82) is 0 Å². The molecule has 6 atom stereocenters. The lowest BCUT2D eigenvalue weighted by Gasteiger charge is -2.27. The Morgan fingerprint density at radius 1 is 1.33 bits per heavy atom. The molecule has 0 radical (unpaired) electrons. The standard InChI is InChI=1S/C20H22O7/c1-5-9(2)17(21)25-13-7-11-6-12(24-19(11)23)8-20(4)16(27-20)15-14(13)10(3)18(22)26-15/h5-6,12-16H,3,7-8H2,1-2,4H3/b9-5-/t12-,13-,14+,15-,16-,20+/m0/s1. The largest absolute Gasteiger partial charge is 0.458 e. The van der Waals surface area contributed by atoms with Crippen LogP contribution < -0.4 is 0 Å². The van der Waals surface area contributed by atoms with Gasteiger partial charge in [0.2, 0.25) is 0 Å². The average molecular weight is 374 g/mol. The van der Waals surface area contributed by atoms with Crippen molar-refractivity contribution in [3.63, 3.8) is 0 Å². The molecule has 4 aliphatic rings. The number of carbonyl (C=O) groups excluding carboxylic acids is 3. The van der Waals surface area contributed by atoms with E-state index >= 15 is 0 Å². The van der Waals surface area contributed by atoms with Crippen LogP contribution in [0.3, 0.4) is 0 Å². The number of epoxide rings is 1. The molecule has 3 aliphatic heterocycles. The zero-order chi connectivity index (χ0) is 19.5. The number of esters is 3. The van der Waals surface area contributed by atoms with E-state index in [2.05, 4.69) is 6.58 Å². The number of hydrogen-bond acceptors (Lipinski definition) is 7. The predicted octanol–water partition coefficient (Wildman–Crippen LogP) is 1.77. The fourth-order valence-corrected chi connectivity index (χ4v) is 4.13. The monoisotopic (exact) mass is 374 g/mol. The Labute approximate surface area is 157 Å². The molecule has 0 aromatic heterocycles. The van der Waals surface area contributed by atoms with E-state index in [0.29, 0.717) is 17.6 Å². The van der Waals surface area contributed by atoms with E-state index in [4.69, 9.17) is 18.9 Å². The fraction of sp³-hybridized carbons (Fsp3) is 0.550. The van der Waals surface area contributed by atoms with Crippen LogP contribution in [0.1, 0.15) is 33.6 Å². The zero-order valence-electron chi connectivity index (χ0n) is 15.5. The van der Waals surface area contributed by atoms with Crippen LogP contribution in [-0.4, -0.2) is 47.9 Å². The number of ether oxygens (including phenoxy) is 4. The maximum atomic E-state index is 12.4. The SMILES string of the molecule is C=C1C(=O)O[C@H]2[C@H]1[C@@H](OC(=O)/C(C)=C\C)CC1=C[C@@H](C[C@@]3(C)O[C@@H]23)OC1=O. The highest BCUT2D eigenvalue weighted by atomic mass is 16.7. The van der Waals surface area contributed by atoms with Gasteiger partial charge in [0.15, 0.2) is 0 Å². The van der Waals surface area contributed by atoms with Crippen molar-refractivity contribution >= 4 is 17.9 Å². The van der Waals surface area contributed by atoms with Gasteiger partial charge in [-0.1, -0.05) is 12.7 Å². The predicted molar refractivity (Wildman–Crippen MR) is 92.3 cm³/mol. The normalized spacial score (nSPS) is 40.4. The van der Waals surface area contributed by atoms with E-state index < -0.39 is 47.7 Å². The van der Waals surface area contributed by atoms with E-state index in [-0.39, 0.29) is 18.1 Å². The molecule has 0 amide bonds. The molecular formula is C20H22O7. The second-order valence-electron chi connectivity index (χ2n) is 7.73. The molecular weight excluding hydrogens is 352 g/mol. The third-order valence-electron chi connectivity index (χ3n) is 5.85. The second-order valence-corrected chi connectivity index (χ2v) is 7.73. The van der Waals surface area contributed by atoms with Gasteiger partial charge in [0.05, 0.1) is 11.5 Å². The van der Waals surface area contributed by atoms with Gasteiger partial charge in [-0.3, -0.25) is 0 Å². The molecule has 2 bridgehead atoms. The Bertz CT molecular complexity index is 807. The zero-order valence-corrected chi connectivity index (χ0v) is 15.5. The van der Waals surface area contributed by atoms with Crippen molar-refractivity contribution in [2.24, 2.45) is 5.92 Å². The number of rotatable bonds is 2. The van der Waals surface area contributed by atoms with Gasteiger partial charge < -0.3 is 18.9 Å². The summed E-state index contributed by atoms with van der Waals surface area (Å²) >= 11 is 0. The molecule has 7 heteroatoms.